The minimum atomic E-state index is 0.136. The molecule has 124 valence electrons. The molecular weight excluding hydrogens is 286 g/mol. The Kier molecular flexibility index (Phi) is 5.70. The highest BCUT2D eigenvalue weighted by molar-refractivity contribution is 5.74. The van der Waals surface area contributed by atoms with Gasteiger partial charge in [-0.15, -0.1) is 0 Å². The number of hydrogen-bond acceptors (Lipinski definition) is 2. The Balaban J connectivity index is 1.38. The summed E-state index contributed by atoms with van der Waals surface area (Å²) in [5.41, 5.74) is 1.24. The first kappa shape index (κ1) is 16.1. The number of carbonyl (C=O) groups excluding carboxylic acids is 1. The molecule has 0 aromatic heterocycles. The molecule has 2 fully saturated rings. The van der Waals surface area contributed by atoms with Crippen molar-refractivity contribution in [2.45, 2.75) is 31.7 Å². The van der Waals surface area contributed by atoms with Crippen LogP contribution in [0.15, 0.2) is 36.4 Å². The lowest BCUT2D eigenvalue weighted by molar-refractivity contribution is 0.144. The third kappa shape index (κ3) is 4.83. The van der Waals surface area contributed by atoms with Crippen LogP contribution < -0.4 is 5.32 Å². The minimum Gasteiger partial charge on any atom is -0.335 e. The van der Waals surface area contributed by atoms with Gasteiger partial charge >= 0.3 is 6.03 Å². The number of piperazine rings is 1. The van der Waals surface area contributed by atoms with Crippen molar-refractivity contribution in [3.05, 3.63) is 42.0 Å². The zero-order valence-electron chi connectivity index (χ0n) is 13.8. The molecule has 2 amide bonds. The molecule has 1 aliphatic carbocycles. The van der Waals surface area contributed by atoms with E-state index < -0.39 is 0 Å². The average Bonchev–Trinajstić information content (AvgIpc) is 3.09. The van der Waals surface area contributed by atoms with Crippen LogP contribution in [-0.4, -0.2) is 54.6 Å². The van der Waals surface area contributed by atoms with Crippen LogP contribution in [0.2, 0.25) is 0 Å². The van der Waals surface area contributed by atoms with Crippen LogP contribution in [0.3, 0.4) is 0 Å². The Morgan fingerprint density at radius 3 is 2.48 bits per heavy atom. The van der Waals surface area contributed by atoms with E-state index in [1.165, 1.54) is 18.4 Å². The zero-order valence-corrected chi connectivity index (χ0v) is 13.8. The van der Waals surface area contributed by atoms with E-state index >= 15 is 0 Å². The van der Waals surface area contributed by atoms with E-state index in [1.807, 2.05) is 11.0 Å². The second-order valence-electron chi connectivity index (χ2n) is 6.53. The molecule has 0 radical (unpaired) electrons. The van der Waals surface area contributed by atoms with E-state index in [0.29, 0.717) is 6.04 Å². The minimum absolute atomic E-state index is 0.136. The van der Waals surface area contributed by atoms with Gasteiger partial charge in [0.25, 0.3) is 0 Å². The second kappa shape index (κ2) is 8.16. The molecule has 1 aromatic rings. The predicted octanol–water partition coefficient (Wildman–Crippen LogP) is 2.97. The van der Waals surface area contributed by atoms with E-state index in [1.54, 1.807) is 0 Å². The van der Waals surface area contributed by atoms with Gasteiger partial charge in [-0.2, -0.15) is 0 Å². The van der Waals surface area contributed by atoms with Gasteiger partial charge in [-0.3, -0.25) is 4.90 Å². The summed E-state index contributed by atoms with van der Waals surface area (Å²) in [7, 11) is 0. The molecule has 4 nitrogen and oxygen atoms in total. The monoisotopic (exact) mass is 313 g/mol. The van der Waals surface area contributed by atoms with Gasteiger partial charge in [-0.25, -0.2) is 4.79 Å². The molecule has 1 heterocycles. The van der Waals surface area contributed by atoms with Gasteiger partial charge in [0.05, 0.1) is 0 Å². The van der Waals surface area contributed by atoms with E-state index in [-0.39, 0.29) is 6.03 Å². The van der Waals surface area contributed by atoms with Crippen LogP contribution in [-0.2, 0) is 0 Å². The van der Waals surface area contributed by atoms with Gasteiger partial charge in [-0.05, 0) is 18.4 Å². The highest BCUT2D eigenvalue weighted by Gasteiger charge is 2.23. The Morgan fingerprint density at radius 1 is 1.09 bits per heavy atom. The molecular formula is C19H27N3O. The maximum atomic E-state index is 12.2. The maximum absolute atomic E-state index is 12.2. The zero-order chi connectivity index (χ0) is 15.9. The van der Waals surface area contributed by atoms with Crippen LogP contribution in [0.1, 0.15) is 31.2 Å². The maximum Gasteiger partial charge on any atom is 0.317 e. The normalized spacial score (nSPS) is 20.3. The van der Waals surface area contributed by atoms with Crippen molar-refractivity contribution in [3.8, 4) is 0 Å². The lowest BCUT2D eigenvalue weighted by atomic mass is 10.2. The first-order valence-electron chi connectivity index (χ1n) is 8.80. The summed E-state index contributed by atoms with van der Waals surface area (Å²) >= 11 is 0. The van der Waals surface area contributed by atoms with Gasteiger partial charge in [0.1, 0.15) is 0 Å². The van der Waals surface area contributed by atoms with E-state index in [0.717, 1.165) is 45.6 Å². The summed E-state index contributed by atoms with van der Waals surface area (Å²) in [5.74, 6) is 0. The van der Waals surface area contributed by atoms with Crippen LogP contribution in [0, 0.1) is 0 Å². The van der Waals surface area contributed by atoms with E-state index in [2.05, 4.69) is 46.6 Å². The molecule has 4 heteroatoms. The highest BCUT2D eigenvalue weighted by Crippen LogP contribution is 2.18. The van der Waals surface area contributed by atoms with Crippen molar-refractivity contribution in [1.82, 2.24) is 15.1 Å². The van der Waals surface area contributed by atoms with Crippen molar-refractivity contribution in [1.29, 1.82) is 0 Å². The fourth-order valence-corrected chi connectivity index (χ4v) is 3.37. The number of nitrogens with one attached hydrogen (secondary N) is 1. The van der Waals surface area contributed by atoms with Gasteiger partial charge in [0.2, 0.25) is 0 Å². The largest absolute Gasteiger partial charge is 0.335 e. The van der Waals surface area contributed by atoms with Crippen molar-refractivity contribution >= 4 is 12.1 Å². The van der Waals surface area contributed by atoms with Crippen LogP contribution in [0.5, 0.6) is 0 Å². The summed E-state index contributed by atoms with van der Waals surface area (Å²) in [6.07, 6.45) is 9.19. The average molecular weight is 313 g/mol. The lowest BCUT2D eigenvalue weighted by Gasteiger charge is -2.34. The van der Waals surface area contributed by atoms with Gasteiger partial charge < -0.3 is 10.2 Å². The first-order valence-corrected chi connectivity index (χ1v) is 8.80. The summed E-state index contributed by atoms with van der Waals surface area (Å²) in [5, 5.41) is 3.18. The summed E-state index contributed by atoms with van der Waals surface area (Å²) in [6.45, 7) is 4.52. The number of nitrogens with zero attached hydrogens (tertiary/aromatic N) is 2. The number of amides is 2. The fourth-order valence-electron chi connectivity index (χ4n) is 3.37. The first-order chi connectivity index (χ1) is 11.3. The van der Waals surface area contributed by atoms with Crippen molar-refractivity contribution < 1.29 is 4.79 Å². The van der Waals surface area contributed by atoms with Crippen LogP contribution in [0.25, 0.3) is 6.08 Å². The Labute approximate surface area is 139 Å². The third-order valence-electron chi connectivity index (χ3n) is 4.82. The number of carbonyl (C=O) groups is 1. The van der Waals surface area contributed by atoms with Crippen LogP contribution >= 0.6 is 0 Å². The molecule has 0 atom stereocenters. The van der Waals surface area contributed by atoms with Crippen molar-refractivity contribution in [3.63, 3.8) is 0 Å². The van der Waals surface area contributed by atoms with E-state index in [9.17, 15) is 4.79 Å². The van der Waals surface area contributed by atoms with E-state index in [4.69, 9.17) is 0 Å². The van der Waals surface area contributed by atoms with Crippen molar-refractivity contribution in [2.24, 2.45) is 0 Å². The van der Waals surface area contributed by atoms with Gasteiger partial charge in [0, 0.05) is 38.8 Å². The molecule has 1 N–H and O–H groups in total. The Morgan fingerprint density at radius 2 is 1.78 bits per heavy atom. The molecule has 0 unspecified atom stereocenters. The third-order valence-corrected chi connectivity index (χ3v) is 4.82. The smallest absolute Gasteiger partial charge is 0.317 e. The SMILES string of the molecule is O=C(NC1CCCC1)N1CCN(C/C=C/c2ccccc2)CC1. The molecule has 23 heavy (non-hydrogen) atoms. The molecule has 0 spiro atoms. The standard InChI is InChI=1S/C19H27N3O/c23-19(20-18-10-4-5-11-18)22-15-13-21(14-16-22)12-6-9-17-7-2-1-3-8-17/h1-3,6-9,18H,4-5,10-16H2,(H,20,23)/b9-6+. The summed E-state index contributed by atoms with van der Waals surface area (Å²) < 4.78 is 0. The molecule has 1 aromatic carbocycles. The lowest BCUT2D eigenvalue weighted by Crippen LogP contribution is -2.53. The second-order valence-corrected chi connectivity index (χ2v) is 6.53. The van der Waals surface area contributed by atoms with Crippen LogP contribution in [0.4, 0.5) is 4.79 Å². The molecule has 3 rings (SSSR count). The summed E-state index contributed by atoms with van der Waals surface area (Å²) in [4.78, 5) is 16.6. The summed E-state index contributed by atoms with van der Waals surface area (Å²) in [6, 6.07) is 10.9. The molecule has 1 aliphatic heterocycles. The predicted molar refractivity (Wildman–Crippen MR) is 94.3 cm³/mol. The molecule has 1 saturated carbocycles. The van der Waals surface area contributed by atoms with Gasteiger partial charge in [0.15, 0.2) is 0 Å². The van der Waals surface area contributed by atoms with Crippen molar-refractivity contribution in [2.75, 3.05) is 32.7 Å². The van der Waals surface area contributed by atoms with Gasteiger partial charge in [-0.1, -0.05) is 55.3 Å². The highest BCUT2D eigenvalue weighted by atomic mass is 16.2. The topological polar surface area (TPSA) is 35.6 Å². The number of rotatable bonds is 4. The Hall–Kier alpha value is -1.81. The quantitative estimate of drug-likeness (QED) is 0.927. The number of benzene rings is 1. The molecule has 0 bridgehead atoms. The molecule has 1 saturated heterocycles. The Bertz CT molecular complexity index is 515. The fraction of sp³-hybridized carbons (Fsp3) is 0.526. The number of hydrogen-bond donors (Lipinski definition) is 1. The number of urea groups is 1. The molecule has 2 aliphatic rings.